The van der Waals surface area contributed by atoms with Crippen LogP contribution in [0.3, 0.4) is 0 Å². The normalized spacial score (nSPS) is 24.2. The molecule has 0 aliphatic heterocycles. The van der Waals surface area contributed by atoms with Crippen LogP contribution in [0.4, 0.5) is 0 Å². The summed E-state index contributed by atoms with van der Waals surface area (Å²) in [5.74, 6) is 1.94. The van der Waals surface area contributed by atoms with Crippen molar-refractivity contribution >= 4 is 5.91 Å². The molecule has 0 bridgehead atoms. The summed E-state index contributed by atoms with van der Waals surface area (Å²) in [7, 11) is 0. The summed E-state index contributed by atoms with van der Waals surface area (Å²) >= 11 is 0. The fourth-order valence-electron chi connectivity index (χ4n) is 2.60. The highest BCUT2D eigenvalue weighted by Gasteiger charge is 2.17. The third-order valence-electron chi connectivity index (χ3n) is 3.91. The Bertz CT molecular complexity index is 233. The molecule has 0 atom stereocenters. The number of hydrogen-bond donors (Lipinski definition) is 2. The van der Waals surface area contributed by atoms with Gasteiger partial charge in [-0.25, -0.2) is 0 Å². The van der Waals surface area contributed by atoms with Crippen LogP contribution in [-0.2, 0) is 4.79 Å². The van der Waals surface area contributed by atoms with Crippen LogP contribution in [0.2, 0.25) is 0 Å². The Morgan fingerprint density at radius 3 is 2.44 bits per heavy atom. The number of nitrogens with one attached hydrogen (secondary N) is 2. The molecule has 0 aromatic carbocycles. The lowest BCUT2D eigenvalue weighted by molar-refractivity contribution is -0.121. The van der Waals surface area contributed by atoms with Crippen molar-refractivity contribution in [3.63, 3.8) is 0 Å². The van der Waals surface area contributed by atoms with Gasteiger partial charge in [0.15, 0.2) is 0 Å². The molecule has 0 radical (unpaired) electrons. The Hall–Kier alpha value is -0.570. The van der Waals surface area contributed by atoms with Gasteiger partial charge in [0.25, 0.3) is 0 Å². The number of amides is 1. The van der Waals surface area contributed by atoms with Gasteiger partial charge in [-0.1, -0.05) is 46.5 Å². The molecular formula is C15H30N2O. The first-order valence-corrected chi connectivity index (χ1v) is 7.58. The molecule has 106 valence electrons. The van der Waals surface area contributed by atoms with Gasteiger partial charge in [-0.15, -0.1) is 0 Å². The monoisotopic (exact) mass is 254 g/mol. The molecule has 1 fully saturated rings. The maximum Gasteiger partial charge on any atom is 0.221 e. The fraction of sp³-hybridized carbons (Fsp3) is 0.933. The molecule has 3 nitrogen and oxygen atoms in total. The van der Waals surface area contributed by atoms with Crippen LogP contribution in [0.5, 0.6) is 0 Å². The Morgan fingerprint density at radius 1 is 1.17 bits per heavy atom. The van der Waals surface area contributed by atoms with Gasteiger partial charge >= 0.3 is 0 Å². The van der Waals surface area contributed by atoms with Crippen molar-refractivity contribution in [2.24, 2.45) is 11.8 Å². The molecule has 1 aliphatic carbocycles. The summed E-state index contributed by atoms with van der Waals surface area (Å²) in [5.41, 5.74) is 0. The van der Waals surface area contributed by atoms with Crippen molar-refractivity contribution < 1.29 is 4.79 Å². The predicted molar refractivity (Wildman–Crippen MR) is 76.5 cm³/mol. The van der Waals surface area contributed by atoms with Gasteiger partial charge in [0.2, 0.25) is 5.91 Å². The van der Waals surface area contributed by atoms with Crippen LogP contribution in [0.25, 0.3) is 0 Å². The lowest BCUT2D eigenvalue weighted by atomic mass is 9.81. The maximum absolute atomic E-state index is 11.6. The second-order valence-corrected chi connectivity index (χ2v) is 6.12. The Balaban J connectivity index is 1.98. The summed E-state index contributed by atoms with van der Waals surface area (Å²) in [6.07, 6.45) is 7.21. The molecule has 1 amide bonds. The van der Waals surface area contributed by atoms with Crippen LogP contribution >= 0.6 is 0 Å². The molecule has 0 heterocycles. The van der Waals surface area contributed by atoms with E-state index in [-0.39, 0.29) is 5.91 Å². The highest BCUT2D eigenvalue weighted by Crippen LogP contribution is 2.29. The highest BCUT2D eigenvalue weighted by molar-refractivity contribution is 5.75. The summed E-state index contributed by atoms with van der Waals surface area (Å²) in [6, 6.07) is 0.460. The zero-order valence-electron chi connectivity index (χ0n) is 12.3. The third-order valence-corrected chi connectivity index (χ3v) is 3.91. The van der Waals surface area contributed by atoms with E-state index in [0.717, 1.165) is 31.3 Å². The number of hydrogen-bond acceptors (Lipinski definition) is 2. The Labute approximate surface area is 112 Å². The van der Waals surface area contributed by atoms with Crippen molar-refractivity contribution in [2.75, 3.05) is 13.1 Å². The van der Waals surface area contributed by atoms with E-state index in [2.05, 4.69) is 31.4 Å². The zero-order valence-corrected chi connectivity index (χ0v) is 12.3. The predicted octanol–water partition coefficient (Wildman–Crippen LogP) is 2.71. The number of rotatable bonds is 7. The molecule has 0 aromatic rings. The van der Waals surface area contributed by atoms with Gasteiger partial charge in [0.1, 0.15) is 0 Å². The summed E-state index contributed by atoms with van der Waals surface area (Å²) < 4.78 is 0. The van der Waals surface area contributed by atoms with E-state index in [9.17, 15) is 4.79 Å². The minimum Gasteiger partial charge on any atom is -0.356 e. The number of carbonyl (C=O) groups excluding carboxylic acids is 1. The van der Waals surface area contributed by atoms with Gasteiger partial charge in [0.05, 0.1) is 0 Å². The lowest BCUT2D eigenvalue weighted by Crippen LogP contribution is -2.31. The van der Waals surface area contributed by atoms with Gasteiger partial charge in [-0.2, -0.15) is 0 Å². The molecule has 0 unspecified atom stereocenters. The molecule has 0 spiro atoms. The molecule has 1 rings (SSSR count). The Morgan fingerprint density at radius 2 is 1.83 bits per heavy atom. The summed E-state index contributed by atoms with van der Waals surface area (Å²) in [6.45, 7) is 8.19. The van der Waals surface area contributed by atoms with Crippen LogP contribution in [0, 0.1) is 11.8 Å². The molecule has 0 aromatic heterocycles. The van der Waals surface area contributed by atoms with Gasteiger partial charge in [-0.05, 0) is 18.3 Å². The quantitative estimate of drug-likeness (QED) is 0.733. The molecule has 3 heteroatoms. The second-order valence-electron chi connectivity index (χ2n) is 6.12. The van der Waals surface area contributed by atoms with E-state index in [1.165, 1.54) is 25.7 Å². The van der Waals surface area contributed by atoms with Crippen molar-refractivity contribution in [2.45, 2.75) is 65.3 Å². The average molecular weight is 254 g/mol. The lowest BCUT2D eigenvalue weighted by Gasteiger charge is -2.26. The zero-order chi connectivity index (χ0) is 13.4. The van der Waals surface area contributed by atoms with Gasteiger partial charge in [-0.3, -0.25) is 4.79 Å². The van der Waals surface area contributed by atoms with Crippen LogP contribution in [-0.4, -0.2) is 25.0 Å². The molecule has 1 saturated carbocycles. The van der Waals surface area contributed by atoms with E-state index in [0.29, 0.717) is 12.5 Å². The van der Waals surface area contributed by atoms with E-state index >= 15 is 0 Å². The number of carbonyl (C=O) groups is 1. The fourth-order valence-corrected chi connectivity index (χ4v) is 2.60. The molecular weight excluding hydrogens is 224 g/mol. The Kier molecular flexibility index (Phi) is 7.33. The van der Waals surface area contributed by atoms with Crippen molar-refractivity contribution in [3.05, 3.63) is 0 Å². The van der Waals surface area contributed by atoms with Crippen molar-refractivity contribution in [1.82, 2.24) is 10.6 Å². The third kappa shape index (κ3) is 7.00. The molecule has 1 aliphatic rings. The smallest absolute Gasteiger partial charge is 0.221 e. The summed E-state index contributed by atoms with van der Waals surface area (Å²) in [4.78, 5) is 11.6. The topological polar surface area (TPSA) is 41.1 Å². The van der Waals surface area contributed by atoms with Crippen molar-refractivity contribution in [1.29, 1.82) is 0 Å². The van der Waals surface area contributed by atoms with E-state index in [1.54, 1.807) is 0 Å². The molecule has 18 heavy (non-hydrogen) atoms. The first-order valence-electron chi connectivity index (χ1n) is 7.58. The second kappa shape index (κ2) is 8.52. The minimum absolute atomic E-state index is 0.187. The van der Waals surface area contributed by atoms with Crippen LogP contribution < -0.4 is 10.6 Å². The van der Waals surface area contributed by atoms with E-state index < -0.39 is 0 Å². The van der Waals surface area contributed by atoms with Crippen LogP contribution in [0.15, 0.2) is 0 Å². The SMILES string of the molecule is CC1CCC(CCNC(=O)CCNC(C)C)CC1. The summed E-state index contributed by atoms with van der Waals surface area (Å²) in [5, 5.41) is 6.30. The average Bonchev–Trinajstić information content (AvgIpc) is 2.31. The molecule has 2 N–H and O–H groups in total. The largest absolute Gasteiger partial charge is 0.356 e. The first kappa shape index (κ1) is 15.5. The molecule has 0 saturated heterocycles. The van der Waals surface area contributed by atoms with Crippen LogP contribution in [0.1, 0.15) is 59.3 Å². The van der Waals surface area contributed by atoms with Crippen molar-refractivity contribution in [3.8, 4) is 0 Å². The minimum atomic E-state index is 0.187. The first-order chi connectivity index (χ1) is 8.58. The maximum atomic E-state index is 11.6. The van der Waals surface area contributed by atoms with E-state index in [1.807, 2.05) is 0 Å². The standard InChI is InChI=1S/C15H30N2O/c1-12(2)16-11-9-15(18)17-10-8-14-6-4-13(3)5-7-14/h12-14,16H,4-11H2,1-3H3,(H,17,18). The van der Waals surface area contributed by atoms with E-state index in [4.69, 9.17) is 0 Å². The van der Waals surface area contributed by atoms with Gasteiger partial charge in [0, 0.05) is 25.6 Å². The highest BCUT2D eigenvalue weighted by atomic mass is 16.1. The van der Waals surface area contributed by atoms with Gasteiger partial charge < -0.3 is 10.6 Å².